The molecule has 0 saturated heterocycles. The van der Waals surface area contributed by atoms with Crippen LogP contribution in [0.25, 0.3) is 11.0 Å². The maximum absolute atomic E-state index is 9.24. The van der Waals surface area contributed by atoms with E-state index in [-0.39, 0.29) is 28.2 Å². The molecule has 0 aliphatic rings. The fraction of sp³-hybridized carbons (Fsp3) is 0. The second-order valence-electron chi connectivity index (χ2n) is 2.46. The maximum Gasteiger partial charge on any atom is 0.165 e. The SMILES string of the molecule is Oc1cc(O)c2c(O)coc2c1. The summed E-state index contributed by atoms with van der Waals surface area (Å²) in [5.74, 6) is -0.437. The zero-order valence-electron chi connectivity index (χ0n) is 5.98. The summed E-state index contributed by atoms with van der Waals surface area (Å²) in [7, 11) is 0. The summed E-state index contributed by atoms with van der Waals surface area (Å²) in [6.45, 7) is 0. The van der Waals surface area contributed by atoms with Crippen molar-refractivity contribution in [2.45, 2.75) is 0 Å². The van der Waals surface area contributed by atoms with E-state index in [1.54, 1.807) is 0 Å². The quantitative estimate of drug-likeness (QED) is 0.555. The van der Waals surface area contributed by atoms with Gasteiger partial charge in [0, 0.05) is 12.1 Å². The van der Waals surface area contributed by atoms with E-state index in [1.807, 2.05) is 0 Å². The van der Waals surface area contributed by atoms with Crippen molar-refractivity contribution in [1.82, 2.24) is 0 Å². The zero-order chi connectivity index (χ0) is 8.72. The van der Waals surface area contributed by atoms with Crippen molar-refractivity contribution in [1.29, 1.82) is 0 Å². The summed E-state index contributed by atoms with van der Waals surface area (Å²) in [6.07, 6.45) is 1.10. The van der Waals surface area contributed by atoms with E-state index in [0.717, 1.165) is 12.3 Å². The first kappa shape index (κ1) is 6.84. The largest absolute Gasteiger partial charge is 0.508 e. The van der Waals surface area contributed by atoms with Gasteiger partial charge in [0.2, 0.25) is 0 Å². The molecule has 0 atom stereocenters. The molecule has 3 N–H and O–H groups in total. The third kappa shape index (κ3) is 0.780. The third-order valence-electron chi connectivity index (χ3n) is 1.62. The maximum atomic E-state index is 9.24. The minimum atomic E-state index is -0.198. The van der Waals surface area contributed by atoms with Crippen LogP contribution in [0.4, 0.5) is 0 Å². The molecular weight excluding hydrogens is 160 g/mol. The highest BCUT2D eigenvalue weighted by Gasteiger charge is 2.10. The highest BCUT2D eigenvalue weighted by atomic mass is 16.4. The Balaban J connectivity index is 2.93. The number of hydrogen-bond acceptors (Lipinski definition) is 4. The Bertz CT molecular complexity index is 430. The molecule has 0 unspecified atom stereocenters. The Morgan fingerprint density at radius 3 is 2.50 bits per heavy atom. The topological polar surface area (TPSA) is 73.8 Å². The van der Waals surface area contributed by atoms with E-state index in [0.29, 0.717) is 0 Å². The molecule has 1 aromatic carbocycles. The van der Waals surface area contributed by atoms with Gasteiger partial charge in [-0.1, -0.05) is 0 Å². The van der Waals surface area contributed by atoms with Crippen molar-refractivity contribution in [3.05, 3.63) is 18.4 Å². The van der Waals surface area contributed by atoms with E-state index < -0.39 is 0 Å². The van der Waals surface area contributed by atoms with Crippen LogP contribution in [0.2, 0.25) is 0 Å². The lowest BCUT2D eigenvalue weighted by atomic mass is 10.2. The summed E-state index contributed by atoms with van der Waals surface area (Å²) >= 11 is 0. The van der Waals surface area contributed by atoms with E-state index in [4.69, 9.17) is 14.6 Å². The molecule has 4 heteroatoms. The second kappa shape index (κ2) is 2.07. The fourth-order valence-corrected chi connectivity index (χ4v) is 1.12. The molecular formula is C8H6O4. The molecule has 2 rings (SSSR count). The third-order valence-corrected chi connectivity index (χ3v) is 1.62. The zero-order valence-corrected chi connectivity index (χ0v) is 5.98. The first-order valence-corrected chi connectivity index (χ1v) is 3.30. The van der Waals surface area contributed by atoms with Crippen molar-refractivity contribution >= 4 is 11.0 Å². The Labute approximate surface area is 67.3 Å². The standard InChI is InChI=1S/C8H6O4/c9-4-1-5(10)8-6(11)3-12-7(8)2-4/h1-3,9-11H. The first-order chi connectivity index (χ1) is 5.68. The molecule has 2 aromatic rings. The molecule has 0 fully saturated rings. The summed E-state index contributed by atoms with van der Waals surface area (Å²) in [5.41, 5.74) is 0.255. The Morgan fingerprint density at radius 1 is 1.00 bits per heavy atom. The minimum Gasteiger partial charge on any atom is -0.508 e. The molecule has 0 saturated carbocycles. The number of hydrogen-bond donors (Lipinski definition) is 3. The number of fused-ring (bicyclic) bond motifs is 1. The Kier molecular flexibility index (Phi) is 1.18. The number of benzene rings is 1. The summed E-state index contributed by atoms with van der Waals surface area (Å²) < 4.78 is 4.84. The summed E-state index contributed by atoms with van der Waals surface area (Å²) in [4.78, 5) is 0. The number of phenolic OH excluding ortho intramolecular Hbond substituents is 2. The van der Waals surface area contributed by atoms with Crippen LogP contribution in [0.3, 0.4) is 0 Å². The molecule has 0 aliphatic carbocycles. The van der Waals surface area contributed by atoms with Crippen LogP contribution in [0.15, 0.2) is 22.8 Å². The predicted octanol–water partition coefficient (Wildman–Crippen LogP) is 1.55. The van der Waals surface area contributed by atoms with Crippen LogP contribution in [0.5, 0.6) is 17.2 Å². The van der Waals surface area contributed by atoms with Gasteiger partial charge in [-0.2, -0.15) is 0 Å². The van der Waals surface area contributed by atoms with Gasteiger partial charge in [0.1, 0.15) is 28.7 Å². The van der Waals surface area contributed by atoms with E-state index in [9.17, 15) is 5.11 Å². The van der Waals surface area contributed by atoms with Crippen molar-refractivity contribution in [2.24, 2.45) is 0 Å². The van der Waals surface area contributed by atoms with Gasteiger partial charge < -0.3 is 19.7 Å². The van der Waals surface area contributed by atoms with E-state index >= 15 is 0 Å². The van der Waals surface area contributed by atoms with Crippen molar-refractivity contribution in [3.8, 4) is 17.2 Å². The number of rotatable bonds is 0. The molecule has 0 aliphatic heterocycles. The molecule has 62 valence electrons. The van der Waals surface area contributed by atoms with Crippen LogP contribution >= 0.6 is 0 Å². The van der Waals surface area contributed by atoms with Gasteiger partial charge in [-0.05, 0) is 0 Å². The number of aromatic hydroxyl groups is 3. The van der Waals surface area contributed by atoms with Crippen LogP contribution in [0.1, 0.15) is 0 Å². The van der Waals surface area contributed by atoms with Gasteiger partial charge in [-0.15, -0.1) is 0 Å². The predicted molar refractivity (Wildman–Crippen MR) is 41.2 cm³/mol. The van der Waals surface area contributed by atoms with Crippen LogP contribution in [-0.2, 0) is 0 Å². The molecule has 4 nitrogen and oxygen atoms in total. The highest BCUT2D eigenvalue weighted by Crippen LogP contribution is 2.36. The van der Waals surface area contributed by atoms with Gasteiger partial charge in [-0.25, -0.2) is 0 Å². The van der Waals surface area contributed by atoms with Gasteiger partial charge >= 0.3 is 0 Å². The van der Waals surface area contributed by atoms with Crippen molar-refractivity contribution in [3.63, 3.8) is 0 Å². The van der Waals surface area contributed by atoms with E-state index in [2.05, 4.69) is 0 Å². The van der Waals surface area contributed by atoms with E-state index in [1.165, 1.54) is 6.07 Å². The smallest absolute Gasteiger partial charge is 0.165 e. The molecule has 0 bridgehead atoms. The lowest BCUT2D eigenvalue weighted by Gasteiger charge is -1.95. The van der Waals surface area contributed by atoms with Crippen LogP contribution < -0.4 is 0 Å². The monoisotopic (exact) mass is 166 g/mol. The molecule has 0 amide bonds. The average Bonchev–Trinajstić information content (AvgIpc) is 2.31. The highest BCUT2D eigenvalue weighted by molar-refractivity contribution is 5.90. The molecule has 0 radical (unpaired) electrons. The normalized spacial score (nSPS) is 10.7. The molecule has 0 spiro atoms. The molecule has 12 heavy (non-hydrogen) atoms. The number of furan rings is 1. The second-order valence-corrected chi connectivity index (χ2v) is 2.46. The van der Waals surface area contributed by atoms with Gasteiger partial charge in [0.25, 0.3) is 0 Å². The van der Waals surface area contributed by atoms with Crippen molar-refractivity contribution < 1.29 is 19.7 Å². The fourth-order valence-electron chi connectivity index (χ4n) is 1.12. The lowest BCUT2D eigenvalue weighted by Crippen LogP contribution is -1.68. The molecule has 1 heterocycles. The number of phenols is 2. The Morgan fingerprint density at radius 2 is 1.75 bits per heavy atom. The van der Waals surface area contributed by atoms with Crippen LogP contribution in [-0.4, -0.2) is 15.3 Å². The summed E-state index contributed by atoms with van der Waals surface area (Å²) in [5, 5.41) is 27.6. The first-order valence-electron chi connectivity index (χ1n) is 3.30. The van der Waals surface area contributed by atoms with Gasteiger partial charge in [0.05, 0.1) is 0 Å². The minimum absolute atomic E-state index is 0.102. The van der Waals surface area contributed by atoms with Gasteiger partial charge in [-0.3, -0.25) is 0 Å². The van der Waals surface area contributed by atoms with Crippen LogP contribution in [0, 0.1) is 0 Å². The average molecular weight is 166 g/mol. The molecule has 1 aromatic heterocycles. The lowest BCUT2D eigenvalue weighted by molar-refractivity contribution is 0.450. The van der Waals surface area contributed by atoms with Crippen molar-refractivity contribution in [2.75, 3.05) is 0 Å². The Hall–Kier alpha value is -1.84. The summed E-state index contributed by atoms with van der Waals surface area (Å²) in [6, 6.07) is 2.45. The van der Waals surface area contributed by atoms with Gasteiger partial charge in [0.15, 0.2) is 5.75 Å².